The smallest absolute Gasteiger partial charge is 0.412 e. The van der Waals surface area contributed by atoms with Crippen LogP contribution in [0.15, 0.2) is 46.3 Å². The Balaban J connectivity index is 1.54. The first-order valence-corrected chi connectivity index (χ1v) is 8.59. The van der Waals surface area contributed by atoms with Gasteiger partial charge in [-0.1, -0.05) is 35.5 Å². The minimum Gasteiger partial charge on any atom is -0.481 e. The van der Waals surface area contributed by atoms with Crippen molar-refractivity contribution in [1.82, 2.24) is 10.1 Å². The molecule has 0 saturated carbocycles. The molecule has 0 atom stereocenters. The molecule has 0 aliphatic carbocycles. The van der Waals surface area contributed by atoms with Crippen molar-refractivity contribution in [2.75, 3.05) is 5.32 Å². The van der Waals surface area contributed by atoms with Gasteiger partial charge in [-0.15, -0.1) is 11.3 Å². The maximum atomic E-state index is 11.9. The summed E-state index contributed by atoms with van der Waals surface area (Å²) in [5, 5.41) is 17.5. The summed E-state index contributed by atoms with van der Waals surface area (Å²) in [5.74, 6) is -0.335. The molecule has 0 radical (unpaired) electrons. The third-order valence-electron chi connectivity index (χ3n) is 3.32. The molecule has 0 aliphatic heterocycles. The highest BCUT2D eigenvalue weighted by atomic mass is 32.1. The van der Waals surface area contributed by atoms with E-state index in [0.29, 0.717) is 16.4 Å². The summed E-state index contributed by atoms with van der Waals surface area (Å²) in [6.45, 7) is 0.183. The molecular weight excluding hydrogens is 358 g/mol. The van der Waals surface area contributed by atoms with Gasteiger partial charge in [-0.2, -0.15) is 4.98 Å². The minimum atomic E-state index is -0.930. The van der Waals surface area contributed by atoms with Crippen molar-refractivity contribution in [3.05, 3.63) is 53.2 Å². The van der Waals surface area contributed by atoms with Crippen LogP contribution < -0.4 is 5.32 Å². The van der Waals surface area contributed by atoms with Crippen molar-refractivity contribution in [3.8, 4) is 11.4 Å². The van der Waals surface area contributed by atoms with Crippen LogP contribution in [0.25, 0.3) is 11.4 Å². The summed E-state index contributed by atoms with van der Waals surface area (Å²) in [5.41, 5.74) is 1.56. The van der Waals surface area contributed by atoms with E-state index < -0.39 is 12.1 Å². The van der Waals surface area contributed by atoms with Gasteiger partial charge in [0.25, 0.3) is 0 Å². The van der Waals surface area contributed by atoms with E-state index in [0.717, 1.165) is 5.56 Å². The molecular formula is C17H15N3O5S. The summed E-state index contributed by atoms with van der Waals surface area (Å²) < 4.78 is 10.2. The lowest BCUT2D eigenvalue weighted by molar-refractivity contribution is -0.137. The van der Waals surface area contributed by atoms with E-state index >= 15 is 0 Å². The lowest BCUT2D eigenvalue weighted by Crippen LogP contribution is -2.12. The van der Waals surface area contributed by atoms with Crippen LogP contribution in [0, 0.1) is 0 Å². The quantitative estimate of drug-likeness (QED) is 0.650. The topological polar surface area (TPSA) is 115 Å². The molecule has 1 aromatic carbocycles. The lowest BCUT2D eigenvalue weighted by atomic mass is 10.2. The number of hydrogen-bond acceptors (Lipinski definition) is 7. The molecule has 2 heterocycles. The zero-order valence-corrected chi connectivity index (χ0v) is 14.4. The van der Waals surface area contributed by atoms with Gasteiger partial charge in [-0.05, 0) is 11.6 Å². The molecule has 134 valence electrons. The second-order valence-corrected chi connectivity index (χ2v) is 6.20. The molecule has 2 N–H and O–H groups in total. The van der Waals surface area contributed by atoms with Crippen LogP contribution >= 0.6 is 11.3 Å². The Morgan fingerprint density at radius 1 is 1.27 bits per heavy atom. The molecule has 26 heavy (non-hydrogen) atoms. The van der Waals surface area contributed by atoms with Gasteiger partial charge in [-0.3, -0.25) is 10.1 Å². The van der Waals surface area contributed by atoms with Gasteiger partial charge in [0.1, 0.15) is 6.61 Å². The largest absolute Gasteiger partial charge is 0.481 e. The number of carboxylic acids is 1. The molecule has 3 rings (SSSR count). The number of hydrogen-bond donors (Lipinski definition) is 2. The number of nitrogens with zero attached hydrogens (tertiary/aromatic N) is 2. The number of benzene rings is 1. The number of aliphatic carboxylic acids is 1. The van der Waals surface area contributed by atoms with Gasteiger partial charge in [0, 0.05) is 17.4 Å². The predicted octanol–water partition coefficient (Wildman–Crippen LogP) is 3.56. The van der Waals surface area contributed by atoms with Gasteiger partial charge >= 0.3 is 12.1 Å². The number of carboxylic acid groups (broad SMARTS) is 1. The Kier molecular flexibility index (Phi) is 5.59. The molecule has 9 heteroatoms. The molecule has 2 aromatic heterocycles. The zero-order valence-electron chi connectivity index (χ0n) is 13.5. The van der Waals surface area contributed by atoms with Crippen LogP contribution in [0.3, 0.4) is 0 Å². The average Bonchev–Trinajstić information content (AvgIpc) is 3.28. The second kappa shape index (κ2) is 8.26. The highest BCUT2D eigenvalue weighted by Crippen LogP contribution is 2.27. The van der Waals surface area contributed by atoms with Gasteiger partial charge in [0.15, 0.2) is 0 Å². The first kappa shape index (κ1) is 17.6. The van der Waals surface area contributed by atoms with Gasteiger partial charge in [0.05, 0.1) is 11.4 Å². The summed E-state index contributed by atoms with van der Waals surface area (Å²) >= 11 is 1.29. The Hall–Kier alpha value is -3.20. The van der Waals surface area contributed by atoms with Crippen molar-refractivity contribution in [3.63, 3.8) is 0 Å². The maximum Gasteiger partial charge on any atom is 0.412 e. The SMILES string of the molecule is O=C(O)CCc1nc(-c2csc(NC(=O)OCc3ccccc3)c2)no1. The molecule has 0 fully saturated rings. The van der Waals surface area contributed by atoms with E-state index in [4.69, 9.17) is 14.4 Å². The number of thiophene rings is 1. The molecule has 8 nitrogen and oxygen atoms in total. The summed E-state index contributed by atoms with van der Waals surface area (Å²) in [6, 6.07) is 11.1. The fourth-order valence-electron chi connectivity index (χ4n) is 2.07. The van der Waals surface area contributed by atoms with Crippen molar-refractivity contribution >= 4 is 28.4 Å². The number of carbonyl (C=O) groups is 2. The Morgan fingerprint density at radius 3 is 2.85 bits per heavy atom. The molecule has 0 bridgehead atoms. The van der Waals surface area contributed by atoms with Gasteiger partial charge in [0.2, 0.25) is 11.7 Å². The van der Waals surface area contributed by atoms with Crippen molar-refractivity contribution < 1.29 is 24.0 Å². The zero-order chi connectivity index (χ0) is 18.4. The number of carbonyl (C=O) groups excluding carboxylic acids is 1. The molecule has 0 saturated heterocycles. The third kappa shape index (κ3) is 4.90. The Labute approximate surface area is 152 Å². The maximum absolute atomic E-state index is 11.9. The van der Waals surface area contributed by atoms with E-state index in [2.05, 4.69) is 15.5 Å². The van der Waals surface area contributed by atoms with Gasteiger partial charge < -0.3 is 14.4 Å². The summed E-state index contributed by atoms with van der Waals surface area (Å²) in [4.78, 5) is 26.6. The van der Waals surface area contributed by atoms with E-state index in [9.17, 15) is 9.59 Å². The van der Waals surface area contributed by atoms with E-state index in [1.165, 1.54) is 11.3 Å². The average molecular weight is 373 g/mol. The number of nitrogens with one attached hydrogen (secondary N) is 1. The third-order valence-corrected chi connectivity index (χ3v) is 4.16. The fraction of sp³-hybridized carbons (Fsp3) is 0.176. The number of amides is 1. The molecule has 0 unspecified atom stereocenters. The van der Waals surface area contributed by atoms with Crippen molar-refractivity contribution in [1.29, 1.82) is 0 Å². The lowest BCUT2D eigenvalue weighted by Gasteiger charge is -2.05. The van der Waals surface area contributed by atoms with Crippen LogP contribution in [0.5, 0.6) is 0 Å². The standard InChI is InChI=1S/C17H15N3O5S/c21-15(22)7-6-13-18-16(20-25-13)12-8-14(26-10-12)19-17(23)24-9-11-4-2-1-3-5-11/h1-5,8,10H,6-7,9H2,(H,19,23)(H,21,22). The molecule has 0 aliphatic rings. The van der Waals surface area contributed by atoms with E-state index in [1.807, 2.05) is 30.3 Å². The molecule has 0 spiro atoms. The number of aryl methyl sites for hydroxylation is 1. The normalized spacial score (nSPS) is 10.5. The first-order valence-electron chi connectivity index (χ1n) is 7.71. The first-order chi connectivity index (χ1) is 12.6. The van der Waals surface area contributed by atoms with Crippen LogP contribution in [0.1, 0.15) is 17.9 Å². The van der Waals surface area contributed by atoms with Crippen LogP contribution in [-0.2, 0) is 22.6 Å². The summed E-state index contributed by atoms with van der Waals surface area (Å²) in [6.07, 6.45) is -0.466. The van der Waals surface area contributed by atoms with Crippen LogP contribution in [0.4, 0.5) is 9.80 Å². The predicted molar refractivity (Wildman–Crippen MR) is 93.8 cm³/mol. The number of anilines is 1. The second-order valence-electron chi connectivity index (χ2n) is 5.29. The highest BCUT2D eigenvalue weighted by molar-refractivity contribution is 7.14. The Morgan fingerprint density at radius 2 is 2.08 bits per heavy atom. The number of ether oxygens (including phenoxy) is 1. The van der Waals surface area contributed by atoms with Crippen LogP contribution in [-0.4, -0.2) is 27.3 Å². The minimum absolute atomic E-state index is 0.0780. The Bertz CT molecular complexity index is 891. The van der Waals surface area contributed by atoms with Crippen molar-refractivity contribution in [2.45, 2.75) is 19.4 Å². The van der Waals surface area contributed by atoms with E-state index in [-0.39, 0.29) is 25.3 Å². The summed E-state index contributed by atoms with van der Waals surface area (Å²) in [7, 11) is 0. The fourth-order valence-corrected chi connectivity index (χ4v) is 2.83. The van der Waals surface area contributed by atoms with Crippen LogP contribution in [0.2, 0.25) is 0 Å². The molecule has 1 amide bonds. The monoisotopic (exact) mass is 373 g/mol. The highest BCUT2D eigenvalue weighted by Gasteiger charge is 2.13. The van der Waals surface area contributed by atoms with E-state index in [1.54, 1.807) is 11.4 Å². The number of rotatable bonds is 7. The van der Waals surface area contributed by atoms with Crippen molar-refractivity contribution in [2.24, 2.45) is 0 Å². The molecule has 3 aromatic rings. The number of aromatic nitrogens is 2. The van der Waals surface area contributed by atoms with Gasteiger partial charge in [-0.25, -0.2) is 4.79 Å².